The van der Waals surface area contributed by atoms with Crippen molar-refractivity contribution in [3.8, 4) is 0 Å². The van der Waals surface area contributed by atoms with E-state index in [9.17, 15) is 4.79 Å². The Morgan fingerprint density at radius 1 is 1.45 bits per heavy atom. The quantitative estimate of drug-likeness (QED) is 0.646. The van der Waals surface area contributed by atoms with Gasteiger partial charge in [0, 0.05) is 19.0 Å². The van der Waals surface area contributed by atoms with Gasteiger partial charge in [0.2, 0.25) is 0 Å². The molecule has 0 spiro atoms. The lowest BCUT2D eigenvalue weighted by Crippen LogP contribution is -2.20. The van der Waals surface area contributed by atoms with Gasteiger partial charge in [-0.05, 0) is 31.0 Å². The lowest BCUT2D eigenvalue weighted by molar-refractivity contribution is 0.0697. The average molecular weight is 271 g/mol. The maximum Gasteiger partial charge on any atom is 0.335 e. The van der Waals surface area contributed by atoms with Crippen molar-refractivity contribution in [2.45, 2.75) is 12.8 Å². The molecule has 0 aliphatic rings. The summed E-state index contributed by atoms with van der Waals surface area (Å²) in [6.45, 7) is 4.57. The van der Waals surface area contributed by atoms with Gasteiger partial charge in [0.05, 0.1) is 11.1 Å². The van der Waals surface area contributed by atoms with Gasteiger partial charge in [-0.15, -0.1) is 6.58 Å². The van der Waals surface area contributed by atoms with Crippen LogP contribution in [-0.2, 0) is 0 Å². The number of fused-ring (bicyclic) bond motifs is 1. The maximum atomic E-state index is 11.0. The number of unbranched alkanes of at least 4 members (excludes halogenated alkanes) is 1. The number of hydrogen-bond acceptors (Lipinski definition) is 4. The second kappa shape index (κ2) is 6.14. The molecule has 5 nitrogen and oxygen atoms in total. The highest BCUT2D eigenvalue weighted by Gasteiger charge is 2.10. The molecular weight excluding hydrogens is 254 g/mol. The fourth-order valence-electron chi connectivity index (χ4n) is 2.06. The Bertz CT molecular complexity index is 640. The van der Waals surface area contributed by atoms with Gasteiger partial charge in [-0.3, -0.25) is 0 Å². The Morgan fingerprint density at radius 3 is 2.95 bits per heavy atom. The van der Waals surface area contributed by atoms with Gasteiger partial charge < -0.3 is 10.0 Å². The van der Waals surface area contributed by atoms with Crippen LogP contribution in [0.3, 0.4) is 0 Å². The van der Waals surface area contributed by atoms with E-state index in [0.29, 0.717) is 5.52 Å². The molecule has 0 saturated heterocycles. The zero-order chi connectivity index (χ0) is 14.5. The molecule has 1 N–H and O–H groups in total. The predicted molar refractivity (Wildman–Crippen MR) is 79.2 cm³/mol. The number of allylic oxidation sites excluding steroid dienone is 1. The van der Waals surface area contributed by atoms with Gasteiger partial charge in [0.25, 0.3) is 0 Å². The van der Waals surface area contributed by atoms with E-state index in [1.807, 2.05) is 18.0 Å². The second-order valence-electron chi connectivity index (χ2n) is 4.59. The lowest BCUT2D eigenvalue weighted by Gasteiger charge is -2.19. The molecule has 1 heterocycles. The molecule has 5 heteroatoms. The first kappa shape index (κ1) is 14.0. The molecule has 104 valence electrons. The molecule has 2 rings (SSSR count). The summed E-state index contributed by atoms with van der Waals surface area (Å²) in [7, 11) is 1.97. The molecule has 0 bridgehead atoms. The fraction of sp³-hybridized carbons (Fsp3) is 0.267. The summed E-state index contributed by atoms with van der Waals surface area (Å²) in [4.78, 5) is 21.5. The number of nitrogens with zero attached hydrogens (tertiary/aromatic N) is 3. The second-order valence-corrected chi connectivity index (χ2v) is 4.59. The summed E-state index contributed by atoms with van der Waals surface area (Å²) in [5, 5.41) is 9.86. The molecule has 0 saturated carbocycles. The fourth-order valence-corrected chi connectivity index (χ4v) is 2.06. The Labute approximate surface area is 117 Å². The van der Waals surface area contributed by atoms with Gasteiger partial charge in [0.15, 0.2) is 0 Å². The van der Waals surface area contributed by atoms with Crippen molar-refractivity contribution >= 4 is 22.7 Å². The first-order valence-corrected chi connectivity index (χ1v) is 6.43. The van der Waals surface area contributed by atoms with Crippen molar-refractivity contribution in [3.63, 3.8) is 0 Å². The minimum atomic E-state index is -0.952. The van der Waals surface area contributed by atoms with Gasteiger partial charge >= 0.3 is 5.97 Å². The van der Waals surface area contributed by atoms with Crippen molar-refractivity contribution in [1.82, 2.24) is 9.97 Å². The first-order valence-electron chi connectivity index (χ1n) is 6.43. The molecule has 1 aromatic carbocycles. The number of anilines is 1. The van der Waals surface area contributed by atoms with Crippen LogP contribution in [0.25, 0.3) is 10.9 Å². The number of carboxylic acids is 1. The number of carboxylic acid groups (broad SMARTS) is 1. The molecule has 0 radical (unpaired) electrons. The smallest absolute Gasteiger partial charge is 0.335 e. The van der Waals surface area contributed by atoms with E-state index in [-0.39, 0.29) is 5.56 Å². The number of carbonyl (C=O) groups is 1. The third-order valence-electron chi connectivity index (χ3n) is 3.13. The molecular formula is C15H17N3O2. The van der Waals surface area contributed by atoms with Crippen molar-refractivity contribution in [2.24, 2.45) is 0 Å². The van der Waals surface area contributed by atoms with Crippen LogP contribution in [0.2, 0.25) is 0 Å². The van der Waals surface area contributed by atoms with Crippen molar-refractivity contribution in [2.75, 3.05) is 18.5 Å². The molecule has 0 amide bonds. The molecule has 20 heavy (non-hydrogen) atoms. The minimum absolute atomic E-state index is 0.233. The summed E-state index contributed by atoms with van der Waals surface area (Å²) in [6, 6.07) is 4.91. The minimum Gasteiger partial charge on any atom is -0.478 e. The zero-order valence-electron chi connectivity index (χ0n) is 11.4. The Kier molecular flexibility index (Phi) is 4.30. The number of aromatic carboxylic acids is 1. The Hall–Kier alpha value is -2.43. The molecule has 0 aliphatic carbocycles. The SMILES string of the molecule is C=CCCCN(C)c1ncnc2cc(C(=O)O)ccc12. The van der Waals surface area contributed by atoms with E-state index >= 15 is 0 Å². The Balaban J connectivity index is 2.34. The Morgan fingerprint density at radius 2 is 2.25 bits per heavy atom. The van der Waals surface area contributed by atoms with E-state index < -0.39 is 5.97 Å². The van der Waals surface area contributed by atoms with E-state index in [1.54, 1.807) is 18.2 Å². The van der Waals surface area contributed by atoms with Crippen LogP contribution in [0, 0.1) is 0 Å². The van der Waals surface area contributed by atoms with Gasteiger partial charge in [-0.2, -0.15) is 0 Å². The van der Waals surface area contributed by atoms with Crippen LogP contribution in [0.4, 0.5) is 5.82 Å². The van der Waals surface area contributed by atoms with Crippen LogP contribution < -0.4 is 4.90 Å². The standard InChI is InChI=1S/C15H17N3O2/c1-3-4-5-8-18(2)14-12-7-6-11(15(19)20)9-13(12)16-10-17-14/h3,6-7,9-10H,1,4-5,8H2,2H3,(H,19,20). The topological polar surface area (TPSA) is 66.3 Å². The van der Waals surface area contributed by atoms with Crippen LogP contribution in [0.1, 0.15) is 23.2 Å². The summed E-state index contributed by atoms with van der Waals surface area (Å²) in [5.74, 6) is -0.137. The number of benzene rings is 1. The molecule has 1 aromatic heterocycles. The van der Waals surface area contributed by atoms with Crippen LogP contribution in [0.15, 0.2) is 37.2 Å². The molecule has 0 unspecified atom stereocenters. The predicted octanol–water partition coefficient (Wildman–Crippen LogP) is 2.73. The van der Waals surface area contributed by atoms with Gasteiger partial charge in [-0.1, -0.05) is 6.08 Å². The summed E-state index contributed by atoms with van der Waals surface area (Å²) in [6.07, 6.45) is 5.31. The van der Waals surface area contributed by atoms with Crippen molar-refractivity contribution in [3.05, 3.63) is 42.7 Å². The van der Waals surface area contributed by atoms with Crippen LogP contribution >= 0.6 is 0 Å². The highest BCUT2D eigenvalue weighted by Crippen LogP contribution is 2.23. The summed E-state index contributed by atoms with van der Waals surface area (Å²) in [5.41, 5.74) is 0.877. The zero-order valence-corrected chi connectivity index (χ0v) is 11.4. The largest absolute Gasteiger partial charge is 0.478 e. The van der Waals surface area contributed by atoms with E-state index in [2.05, 4.69) is 16.5 Å². The third-order valence-corrected chi connectivity index (χ3v) is 3.13. The van der Waals surface area contributed by atoms with E-state index in [1.165, 1.54) is 6.33 Å². The summed E-state index contributed by atoms with van der Waals surface area (Å²) < 4.78 is 0. The monoisotopic (exact) mass is 271 g/mol. The molecule has 0 aliphatic heterocycles. The van der Waals surface area contributed by atoms with Crippen LogP contribution in [0.5, 0.6) is 0 Å². The maximum absolute atomic E-state index is 11.0. The normalized spacial score (nSPS) is 10.4. The highest BCUT2D eigenvalue weighted by molar-refractivity contribution is 5.96. The number of aromatic nitrogens is 2. The van der Waals surface area contributed by atoms with E-state index in [0.717, 1.165) is 30.6 Å². The molecule has 0 fully saturated rings. The van der Waals surface area contributed by atoms with Crippen molar-refractivity contribution in [1.29, 1.82) is 0 Å². The lowest BCUT2D eigenvalue weighted by atomic mass is 10.1. The third kappa shape index (κ3) is 2.93. The summed E-state index contributed by atoms with van der Waals surface area (Å²) >= 11 is 0. The number of hydrogen-bond donors (Lipinski definition) is 1. The molecule has 0 atom stereocenters. The molecule has 2 aromatic rings. The van der Waals surface area contributed by atoms with Gasteiger partial charge in [0.1, 0.15) is 12.1 Å². The van der Waals surface area contributed by atoms with Gasteiger partial charge in [-0.25, -0.2) is 14.8 Å². The average Bonchev–Trinajstić information content (AvgIpc) is 2.46. The number of rotatable bonds is 6. The van der Waals surface area contributed by atoms with Crippen LogP contribution in [-0.4, -0.2) is 34.6 Å². The highest BCUT2D eigenvalue weighted by atomic mass is 16.4. The first-order chi connectivity index (χ1) is 9.63. The van der Waals surface area contributed by atoms with Crippen molar-refractivity contribution < 1.29 is 9.90 Å². The van der Waals surface area contributed by atoms with E-state index in [4.69, 9.17) is 5.11 Å².